The van der Waals surface area contributed by atoms with Gasteiger partial charge in [-0.2, -0.15) is 0 Å². The second kappa shape index (κ2) is 9.72. The summed E-state index contributed by atoms with van der Waals surface area (Å²) in [4.78, 5) is 0. The van der Waals surface area contributed by atoms with Crippen LogP contribution in [0, 0.1) is 5.82 Å². The number of nitrogens with two attached hydrogens (primary N) is 1. The second-order valence-corrected chi connectivity index (χ2v) is 10.2. The molecule has 0 aliphatic heterocycles. The Balaban J connectivity index is 1.68. The normalized spacial score (nSPS) is 19.0. The molecule has 0 spiro atoms. The predicted octanol–water partition coefficient (Wildman–Crippen LogP) is 4.02. The highest BCUT2D eigenvalue weighted by atomic mass is 32.2. The van der Waals surface area contributed by atoms with E-state index >= 15 is 0 Å². The van der Waals surface area contributed by atoms with Crippen molar-refractivity contribution in [3.05, 3.63) is 65.0 Å². The van der Waals surface area contributed by atoms with Gasteiger partial charge in [0.1, 0.15) is 21.4 Å². The van der Waals surface area contributed by atoms with Crippen molar-refractivity contribution in [1.29, 1.82) is 0 Å². The van der Waals surface area contributed by atoms with E-state index in [1.165, 1.54) is 11.6 Å². The molecule has 0 saturated heterocycles. The Morgan fingerprint density at radius 2 is 2.00 bits per heavy atom. The van der Waals surface area contributed by atoms with E-state index in [0.29, 0.717) is 25.9 Å². The number of hydrogen-bond donors (Lipinski definition) is 1. The minimum absolute atomic E-state index is 0.0141. The van der Waals surface area contributed by atoms with Gasteiger partial charge in [-0.25, -0.2) is 12.8 Å². The van der Waals surface area contributed by atoms with Crippen LogP contribution in [0.3, 0.4) is 0 Å². The zero-order valence-corrected chi connectivity index (χ0v) is 17.8. The maximum Gasteiger partial charge on any atom is 0.150 e. The number of aryl methyl sites for hydroxylation is 1. The fourth-order valence-electron chi connectivity index (χ4n) is 4.05. The van der Waals surface area contributed by atoms with E-state index in [-0.39, 0.29) is 29.3 Å². The Labute approximate surface area is 173 Å². The Hall–Kier alpha value is -1.92. The minimum Gasteiger partial charge on any atom is -0.494 e. The second-order valence-electron chi connectivity index (χ2n) is 7.86. The van der Waals surface area contributed by atoms with Gasteiger partial charge in [0.15, 0.2) is 0 Å². The van der Waals surface area contributed by atoms with Crippen molar-refractivity contribution in [2.24, 2.45) is 5.73 Å². The molecule has 0 fully saturated rings. The SMILES string of the molecule is CCCS(=O)(=O)CCCOc1ccc2c(c1)C(Cc1cccc(F)c1)C(N)CC2. The van der Waals surface area contributed by atoms with Crippen molar-refractivity contribution in [3.63, 3.8) is 0 Å². The van der Waals surface area contributed by atoms with Crippen LogP contribution in [0.5, 0.6) is 5.75 Å². The smallest absolute Gasteiger partial charge is 0.150 e. The standard InChI is InChI=1S/C23H30FNO3S/c1-2-12-29(26,27)13-4-11-28-20-9-7-18-8-10-23(25)22(21(18)16-20)15-17-5-3-6-19(24)14-17/h3,5-7,9,14,16,22-23H,2,4,8,10-13,15,25H2,1H3. The Morgan fingerprint density at radius 3 is 2.76 bits per heavy atom. The third-order valence-electron chi connectivity index (χ3n) is 5.51. The molecule has 2 aromatic rings. The van der Waals surface area contributed by atoms with Gasteiger partial charge in [-0.05, 0) is 73.1 Å². The third kappa shape index (κ3) is 6.03. The van der Waals surface area contributed by atoms with E-state index in [1.54, 1.807) is 12.1 Å². The zero-order valence-electron chi connectivity index (χ0n) is 16.9. The minimum atomic E-state index is -2.98. The number of halogens is 1. The molecule has 0 heterocycles. The quantitative estimate of drug-likeness (QED) is 0.623. The zero-order chi connectivity index (χ0) is 20.9. The van der Waals surface area contributed by atoms with Crippen molar-refractivity contribution in [3.8, 4) is 5.75 Å². The summed E-state index contributed by atoms with van der Waals surface area (Å²) >= 11 is 0. The number of rotatable bonds is 9. The molecule has 3 rings (SSSR count). The fourth-order valence-corrected chi connectivity index (χ4v) is 5.43. The lowest BCUT2D eigenvalue weighted by Crippen LogP contribution is -2.34. The van der Waals surface area contributed by atoms with Crippen LogP contribution in [0.15, 0.2) is 42.5 Å². The van der Waals surface area contributed by atoms with Crippen LogP contribution in [0.1, 0.15) is 48.8 Å². The largest absolute Gasteiger partial charge is 0.494 e. The molecule has 158 valence electrons. The molecule has 2 unspecified atom stereocenters. The first kappa shape index (κ1) is 21.8. The topological polar surface area (TPSA) is 69.4 Å². The van der Waals surface area contributed by atoms with Gasteiger partial charge < -0.3 is 10.5 Å². The number of fused-ring (bicyclic) bond motifs is 1. The molecule has 0 aromatic heterocycles. The van der Waals surface area contributed by atoms with E-state index in [9.17, 15) is 12.8 Å². The predicted molar refractivity (Wildman–Crippen MR) is 115 cm³/mol. The molecule has 1 aliphatic carbocycles. The van der Waals surface area contributed by atoms with Gasteiger partial charge in [0, 0.05) is 17.7 Å². The fraction of sp³-hybridized carbons (Fsp3) is 0.478. The van der Waals surface area contributed by atoms with Crippen LogP contribution >= 0.6 is 0 Å². The van der Waals surface area contributed by atoms with Crippen molar-refractivity contribution in [2.75, 3.05) is 18.1 Å². The van der Waals surface area contributed by atoms with Crippen LogP contribution in [0.25, 0.3) is 0 Å². The van der Waals surface area contributed by atoms with Crippen molar-refractivity contribution in [1.82, 2.24) is 0 Å². The number of hydrogen-bond acceptors (Lipinski definition) is 4. The Kier molecular flexibility index (Phi) is 7.30. The molecule has 0 radical (unpaired) electrons. The summed E-state index contributed by atoms with van der Waals surface area (Å²) in [6, 6.07) is 12.7. The molecule has 29 heavy (non-hydrogen) atoms. The van der Waals surface area contributed by atoms with Crippen LogP contribution < -0.4 is 10.5 Å². The van der Waals surface area contributed by atoms with Crippen LogP contribution in [-0.4, -0.2) is 32.6 Å². The first-order chi connectivity index (χ1) is 13.9. The molecule has 4 nitrogen and oxygen atoms in total. The lowest BCUT2D eigenvalue weighted by atomic mass is 9.76. The molecule has 0 amide bonds. The summed E-state index contributed by atoms with van der Waals surface area (Å²) in [6.07, 6.45) is 3.63. The van der Waals surface area contributed by atoms with Crippen LogP contribution in [0.4, 0.5) is 4.39 Å². The first-order valence-electron chi connectivity index (χ1n) is 10.3. The van der Waals surface area contributed by atoms with E-state index in [0.717, 1.165) is 29.7 Å². The van der Waals surface area contributed by atoms with Gasteiger partial charge >= 0.3 is 0 Å². The van der Waals surface area contributed by atoms with Gasteiger partial charge in [-0.1, -0.05) is 25.1 Å². The van der Waals surface area contributed by atoms with Crippen LogP contribution in [-0.2, 0) is 22.7 Å². The summed E-state index contributed by atoms with van der Waals surface area (Å²) in [6.45, 7) is 2.23. The first-order valence-corrected chi connectivity index (χ1v) is 12.2. The van der Waals surface area contributed by atoms with E-state index in [2.05, 4.69) is 6.07 Å². The average molecular weight is 420 g/mol. The molecule has 2 aromatic carbocycles. The third-order valence-corrected chi connectivity index (χ3v) is 7.45. The van der Waals surface area contributed by atoms with Gasteiger partial charge in [-0.15, -0.1) is 0 Å². The maximum atomic E-state index is 13.6. The highest BCUT2D eigenvalue weighted by Gasteiger charge is 2.27. The van der Waals surface area contributed by atoms with E-state index < -0.39 is 9.84 Å². The van der Waals surface area contributed by atoms with E-state index in [4.69, 9.17) is 10.5 Å². The average Bonchev–Trinajstić information content (AvgIpc) is 2.67. The maximum absolute atomic E-state index is 13.6. The number of ether oxygens (including phenoxy) is 1. The van der Waals surface area contributed by atoms with Crippen LogP contribution in [0.2, 0.25) is 0 Å². The highest BCUT2D eigenvalue weighted by molar-refractivity contribution is 7.91. The lowest BCUT2D eigenvalue weighted by molar-refractivity contribution is 0.316. The number of sulfone groups is 1. The Morgan fingerprint density at radius 1 is 1.17 bits per heavy atom. The molecule has 6 heteroatoms. The van der Waals surface area contributed by atoms with Crippen molar-refractivity contribution >= 4 is 9.84 Å². The summed E-state index contributed by atoms with van der Waals surface area (Å²) < 4.78 is 43.1. The summed E-state index contributed by atoms with van der Waals surface area (Å²) in [5.74, 6) is 0.982. The molecule has 0 saturated carbocycles. The van der Waals surface area contributed by atoms with Crippen molar-refractivity contribution in [2.45, 2.75) is 51.0 Å². The molecule has 2 atom stereocenters. The van der Waals surface area contributed by atoms with Gasteiger partial charge in [0.05, 0.1) is 12.4 Å². The molecule has 0 bridgehead atoms. The molecular formula is C23H30FNO3S. The van der Waals surface area contributed by atoms with Crippen molar-refractivity contribution < 1.29 is 17.5 Å². The highest BCUT2D eigenvalue weighted by Crippen LogP contribution is 2.36. The summed E-state index contributed by atoms with van der Waals surface area (Å²) in [7, 11) is -2.98. The molecule has 2 N–H and O–H groups in total. The van der Waals surface area contributed by atoms with Gasteiger partial charge in [0.2, 0.25) is 0 Å². The van der Waals surface area contributed by atoms with E-state index in [1.807, 2.05) is 25.1 Å². The Bertz CT molecular complexity index is 929. The monoisotopic (exact) mass is 419 g/mol. The lowest BCUT2D eigenvalue weighted by Gasteiger charge is -2.32. The van der Waals surface area contributed by atoms with Gasteiger partial charge in [0.25, 0.3) is 0 Å². The number of benzene rings is 2. The summed E-state index contributed by atoms with van der Waals surface area (Å²) in [5.41, 5.74) is 9.77. The summed E-state index contributed by atoms with van der Waals surface area (Å²) in [5, 5.41) is 0. The molecule has 1 aliphatic rings. The van der Waals surface area contributed by atoms with Gasteiger partial charge in [-0.3, -0.25) is 0 Å². The molecular weight excluding hydrogens is 389 g/mol.